The Bertz CT molecular complexity index is 738. The Morgan fingerprint density at radius 2 is 1.95 bits per heavy atom. The predicted octanol–water partition coefficient (Wildman–Crippen LogP) is 2.51. The van der Waals surface area contributed by atoms with Crippen molar-refractivity contribution in [2.75, 3.05) is 6.54 Å². The van der Waals surface area contributed by atoms with Crippen LogP contribution < -0.4 is 4.72 Å². The third-order valence-electron chi connectivity index (χ3n) is 3.86. The minimum absolute atomic E-state index is 0.00608. The number of benzene rings is 1. The number of furan rings is 1. The Hall–Kier alpha value is -1.34. The van der Waals surface area contributed by atoms with Gasteiger partial charge in [0.15, 0.2) is 0 Å². The predicted molar refractivity (Wildman–Crippen MR) is 82.0 cm³/mol. The van der Waals surface area contributed by atoms with Gasteiger partial charge in [-0.15, -0.1) is 0 Å². The van der Waals surface area contributed by atoms with Gasteiger partial charge in [-0.1, -0.05) is 11.6 Å². The molecule has 5 nitrogen and oxygen atoms in total. The number of nitrogens with one attached hydrogen (secondary N) is 1. The Morgan fingerprint density at radius 3 is 2.50 bits per heavy atom. The van der Waals surface area contributed by atoms with E-state index in [-0.39, 0.29) is 17.4 Å². The van der Waals surface area contributed by atoms with E-state index in [1.54, 1.807) is 12.1 Å². The topological polar surface area (TPSA) is 79.5 Å². The first-order valence-corrected chi connectivity index (χ1v) is 8.79. The maximum absolute atomic E-state index is 12.3. The molecule has 1 aromatic heterocycles. The molecule has 0 aliphatic heterocycles. The van der Waals surface area contributed by atoms with Crippen LogP contribution in [0.1, 0.15) is 18.6 Å². The Kier molecular flexibility index (Phi) is 4.03. The van der Waals surface area contributed by atoms with Gasteiger partial charge in [0, 0.05) is 11.6 Å². The van der Waals surface area contributed by atoms with E-state index < -0.39 is 15.6 Å². The van der Waals surface area contributed by atoms with Crippen LogP contribution >= 0.6 is 11.6 Å². The highest BCUT2D eigenvalue weighted by Crippen LogP contribution is 2.45. The molecule has 2 aromatic rings. The fraction of sp³-hybridized carbons (Fsp3) is 0.333. The molecule has 1 aromatic carbocycles. The van der Waals surface area contributed by atoms with E-state index in [9.17, 15) is 13.5 Å². The smallest absolute Gasteiger partial charge is 0.240 e. The molecule has 1 fully saturated rings. The van der Waals surface area contributed by atoms with Gasteiger partial charge in [0.05, 0.1) is 11.2 Å². The maximum Gasteiger partial charge on any atom is 0.240 e. The van der Waals surface area contributed by atoms with Gasteiger partial charge < -0.3 is 9.52 Å². The molecule has 0 bridgehead atoms. The van der Waals surface area contributed by atoms with Crippen LogP contribution in [0, 0.1) is 5.92 Å². The fourth-order valence-corrected chi connectivity index (χ4v) is 3.62. The molecule has 1 aliphatic rings. The minimum atomic E-state index is -3.72. The molecule has 22 heavy (non-hydrogen) atoms. The first-order chi connectivity index (χ1) is 10.4. The molecule has 2 N–H and O–H groups in total. The Labute approximate surface area is 134 Å². The molecule has 0 saturated heterocycles. The van der Waals surface area contributed by atoms with Crippen LogP contribution in [-0.2, 0) is 15.6 Å². The monoisotopic (exact) mass is 341 g/mol. The molecule has 0 radical (unpaired) electrons. The van der Waals surface area contributed by atoms with Gasteiger partial charge in [-0.25, -0.2) is 13.1 Å². The van der Waals surface area contributed by atoms with Crippen LogP contribution in [-0.4, -0.2) is 20.1 Å². The summed E-state index contributed by atoms with van der Waals surface area (Å²) < 4.78 is 32.4. The first kappa shape index (κ1) is 15.6. The number of sulfonamides is 1. The van der Waals surface area contributed by atoms with Gasteiger partial charge in [0.25, 0.3) is 0 Å². The number of hydrogen-bond donors (Lipinski definition) is 2. The minimum Gasteiger partial charge on any atom is -0.466 e. The molecule has 118 valence electrons. The molecular formula is C15H16ClNO4S. The lowest BCUT2D eigenvalue weighted by molar-refractivity contribution is -0.00224. The maximum atomic E-state index is 12.3. The zero-order valence-corrected chi connectivity index (χ0v) is 13.3. The van der Waals surface area contributed by atoms with Crippen LogP contribution in [0.4, 0.5) is 0 Å². The van der Waals surface area contributed by atoms with Crippen molar-refractivity contribution in [3.63, 3.8) is 0 Å². The van der Waals surface area contributed by atoms with E-state index >= 15 is 0 Å². The summed E-state index contributed by atoms with van der Waals surface area (Å²) in [4.78, 5) is 0.106. The van der Waals surface area contributed by atoms with Gasteiger partial charge in [0.1, 0.15) is 11.4 Å². The summed E-state index contributed by atoms with van der Waals surface area (Å²) in [6.45, 7) is -0.129. The standard InChI is InChI=1S/C15H16ClNO4S/c16-12-5-7-13(8-6-12)22(19,20)17-10-15(18,11-3-4-11)14-2-1-9-21-14/h1-2,5-9,11,17-18H,3-4,10H2. The van der Waals surface area contributed by atoms with E-state index in [0.717, 1.165) is 12.8 Å². The lowest BCUT2D eigenvalue weighted by Crippen LogP contribution is -2.42. The van der Waals surface area contributed by atoms with E-state index in [1.165, 1.54) is 30.5 Å². The van der Waals surface area contributed by atoms with Gasteiger partial charge in [-0.2, -0.15) is 0 Å². The second kappa shape index (κ2) is 5.70. The average Bonchev–Trinajstić information content (AvgIpc) is 3.21. The van der Waals surface area contributed by atoms with Crippen molar-refractivity contribution in [3.8, 4) is 0 Å². The summed E-state index contributed by atoms with van der Waals surface area (Å²) in [6.07, 6.45) is 3.16. The lowest BCUT2D eigenvalue weighted by Gasteiger charge is -2.26. The first-order valence-electron chi connectivity index (χ1n) is 6.93. The number of aliphatic hydroxyl groups is 1. The van der Waals surface area contributed by atoms with Crippen LogP contribution in [0.3, 0.4) is 0 Å². The summed E-state index contributed by atoms with van der Waals surface area (Å²) in [6, 6.07) is 9.21. The molecule has 1 saturated carbocycles. The van der Waals surface area contributed by atoms with Gasteiger partial charge in [-0.3, -0.25) is 0 Å². The third kappa shape index (κ3) is 3.05. The van der Waals surface area contributed by atoms with Crippen molar-refractivity contribution in [1.29, 1.82) is 0 Å². The van der Waals surface area contributed by atoms with Crippen molar-refractivity contribution in [3.05, 3.63) is 53.4 Å². The molecular weight excluding hydrogens is 326 g/mol. The van der Waals surface area contributed by atoms with Crippen molar-refractivity contribution in [1.82, 2.24) is 4.72 Å². The van der Waals surface area contributed by atoms with Crippen molar-refractivity contribution in [2.45, 2.75) is 23.3 Å². The second-order valence-corrected chi connectivity index (χ2v) is 7.66. The van der Waals surface area contributed by atoms with Crippen LogP contribution in [0.5, 0.6) is 0 Å². The zero-order chi connectivity index (χ0) is 15.8. The molecule has 1 unspecified atom stereocenters. The Balaban J connectivity index is 1.79. The highest BCUT2D eigenvalue weighted by atomic mass is 35.5. The summed E-state index contributed by atoms with van der Waals surface area (Å²) in [5.41, 5.74) is -1.32. The largest absolute Gasteiger partial charge is 0.466 e. The molecule has 1 atom stereocenters. The second-order valence-electron chi connectivity index (χ2n) is 5.45. The van der Waals surface area contributed by atoms with Crippen LogP contribution in [0.2, 0.25) is 5.02 Å². The lowest BCUT2D eigenvalue weighted by atomic mass is 9.95. The summed E-state index contributed by atoms with van der Waals surface area (Å²) in [5, 5.41) is 11.3. The van der Waals surface area contributed by atoms with E-state index in [0.29, 0.717) is 10.8 Å². The SMILES string of the molecule is O=S(=O)(NCC(O)(c1ccco1)C1CC1)c1ccc(Cl)cc1. The average molecular weight is 342 g/mol. The number of halogens is 1. The third-order valence-corrected chi connectivity index (χ3v) is 5.53. The highest BCUT2D eigenvalue weighted by Gasteiger charge is 2.47. The van der Waals surface area contributed by atoms with Crippen molar-refractivity contribution >= 4 is 21.6 Å². The molecule has 1 heterocycles. The van der Waals surface area contributed by atoms with E-state index in [1.807, 2.05) is 0 Å². The summed E-state index contributed by atoms with van der Waals surface area (Å²) in [7, 11) is -3.72. The molecule has 0 amide bonds. The summed E-state index contributed by atoms with van der Waals surface area (Å²) in [5.74, 6) is 0.389. The Morgan fingerprint density at radius 1 is 1.27 bits per heavy atom. The quantitative estimate of drug-likeness (QED) is 0.846. The normalized spacial score (nSPS) is 18.1. The zero-order valence-electron chi connectivity index (χ0n) is 11.7. The van der Waals surface area contributed by atoms with Crippen LogP contribution in [0.15, 0.2) is 52.0 Å². The van der Waals surface area contributed by atoms with E-state index in [4.69, 9.17) is 16.0 Å². The summed E-state index contributed by atoms with van der Waals surface area (Å²) >= 11 is 5.76. The molecule has 3 rings (SSSR count). The van der Waals surface area contributed by atoms with Gasteiger partial charge in [0.2, 0.25) is 10.0 Å². The highest BCUT2D eigenvalue weighted by molar-refractivity contribution is 7.89. The molecule has 1 aliphatic carbocycles. The fourth-order valence-electron chi connectivity index (χ4n) is 2.42. The number of hydrogen-bond acceptors (Lipinski definition) is 4. The van der Waals surface area contributed by atoms with E-state index in [2.05, 4.69) is 4.72 Å². The van der Waals surface area contributed by atoms with Crippen LogP contribution in [0.25, 0.3) is 0 Å². The molecule has 0 spiro atoms. The number of rotatable bonds is 6. The van der Waals surface area contributed by atoms with Gasteiger partial charge >= 0.3 is 0 Å². The van der Waals surface area contributed by atoms with Crippen molar-refractivity contribution < 1.29 is 17.9 Å². The van der Waals surface area contributed by atoms with Crippen molar-refractivity contribution in [2.24, 2.45) is 5.92 Å². The molecule has 7 heteroatoms. The van der Waals surface area contributed by atoms with Gasteiger partial charge in [-0.05, 0) is 55.2 Å².